The fraction of sp³-hybridized carbons (Fsp3) is 0.250. The van der Waals surface area contributed by atoms with Crippen molar-refractivity contribution < 1.29 is 0 Å². The number of hydrogen-bond acceptors (Lipinski definition) is 1. The molecular weight excluding hydrogens is 194 g/mol. The topological polar surface area (TPSA) is 12.9 Å². The quantitative estimate of drug-likeness (QED) is 0.673. The molecule has 2 rings (SSSR count). The maximum Gasteiger partial charge on any atom is 0.0661 e. The normalized spacial score (nSPS) is 15.4. The predicted molar refractivity (Wildman–Crippen MR) is 60.1 cm³/mol. The fourth-order valence-corrected chi connectivity index (χ4v) is 1.67. The van der Waals surface area contributed by atoms with Crippen LogP contribution in [0.5, 0.6) is 0 Å². The number of rotatable bonds is 2. The number of nitrogens with zero attached hydrogens (tertiary/aromatic N) is 1. The van der Waals surface area contributed by atoms with Gasteiger partial charge in [0.05, 0.1) is 5.69 Å². The van der Waals surface area contributed by atoms with Crippen LogP contribution in [0.3, 0.4) is 0 Å². The highest BCUT2D eigenvalue weighted by Gasteiger charge is 2.03. The van der Waals surface area contributed by atoms with Crippen LogP contribution in [-0.2, 0) is 5.88 Å². The van der Waals surface area contributed by atoms with Gasteiger partial charge in [0, 0.05) is 12.1 Å². The molecule has 0 aliphatic heterocycles. The van der Waals surface area contributed by atoms with E-state index < -0.39 is 0 Å². The number of pyridine rings is 1. The zero-order valence-corrected chi connectivity index (χ0v) is 8.67. The van der Waals surface area contributed by atoms with Gasteiger partial charge in [-0.15, -0.1) is 11.6 Å². The van der Waals surface area contributed by atoms with E-state index >= 15 is 0 Å². The molecule has 1 aliphatic rings. The summed E-state index contributed by atoms with van der Waals surface area (Å²) in [4.78, 5) is 4.39. The van der Waals surface area contributed by atoms with E-state index in [9.17, 15) is 0 Å². The summed E-state index contributed by atoms with van der Waals surface area (Å²) >= 11 is 5.70. The van der Waals surface area contributed by atoms with Crippen molar-refractivity contribution in [2.75, 3.05) is 0 Å². The molecule has 0 amide bonds. The van der Waals surface area contributed by atoms with Crippen LogP contribution in [0, 0.1) is 0 Å². The first-order chi connectivity index (χ1) is 6.90. The van der Waals surface area contributed by atoms with Crippen LogP contribution in [-0.4, -0.2) is 4.98 Å². The minimum Gasteiger partial charge on any atom is -0.256 e. The highest BCUT2D eigenvalue weighted by Crippen LogP contribution is 2.21. The maximum atomic E-state index is 5.70. The summed E-state index contributed by atoms with van der Waals surface area (Å²) in [6.07, 6.45) is 10.5. The molecule has 0 N–H and O–H groups in total. The van der Waals surface area contributed by atoms with Crippen LogP contribution in [0.1, 0.15) is 24.1 Å². The van der Waals surface area contributed by atoms with E-state index in [1.807, 2.05) is 18.3 Å². The number of alkyl halides is 1. The SMILES string of the molecule is ClCc1ccc(C2=CC=CCC2)nc1. The zero-order valence-electron chi connectivity index (χ0n) is 7.91. The lowest BCUT2D eigenvalue weighted by molar-refractivity contribution is 1.03. The van der Waals surface area contributed by atoms with Gasteiger partial charge in [-0.2, -0.15) is 0 Å². The smallest absolute Gasteiger partial charge is 0.0661 e. The molecule has 0 unspecified atom stereocenters. The third-order valence-corrected chi connectivity index (χ3v) is 2.63. The lowest BCUT2D eigenvalue weighted by Gasteiger charge is -2.08. The van der Waals surface area contributed by atoms with Crippen LogP contribution >= 0.6 is 11.6 Å². The molecule has 0 radical (unpaired) electrons. The fourth-order valence-electron chi connectivity index (χ4n) is 1.51. The van der Waals surface area contributed by atoms with Crippen LogP contribution in [0.15, 0.2) is 36.6 Å². The lowest BCUT2D eigenvalue weighted by atomic mass is 10.0. The van der Waals surface area contributed by atoms with Gasteiger partial charge in [-0.3, -0.25) is 4.98 Å². The van der Waals surface area contributed by atoms with Crippen molar-refractivity contribution in [2.24, 2.45) is 0 Å². The van der Waals surface area contributed by atoms with Gasteiger partial charge in [0.15, 0.2) is 0 Å². The Morgan fingerprint density at radius 1 is 1.36 bits per heavy atom. The van der Waals surface area contributed by atoms with Crippen molar-refractivity contribution in [2.45, 2.75) is 18.7 Å². The zero-order chi connectivity index (χ0) is 9.80. The Balaban J connectivity index is 2.24. The molecule has 0 atom stereocenters. The van der Waals surface area contributed by atoms with Crippen molar-refractivity contribution in [3.05, 3.63) is 47.8 Å². The number of allylic oxidation sites excluding steroid dienone is 4. The van der Waals surface area contributed by atoms with Gasteiger partial charge in [0.25, 0.3) is 0 Å². The van der Waals surface area contributed by atoms with Gasteiger partial charge in [-0.1, -0.05) is 24.3 Å². The molecule has 0 aromatic carbocycles. The van der Waals surface area contributed by atoms with Crippen LogP contribution in [0.4, 0.5) is 0 Å². The molecular formula is C12H12ClN. The van der Waals surface area contributed by atoms with Crippen LogP contribution in [0.2, 0.25) is 0 Å². The van der Waals surface area contributed by atoms with Gasteiger partial charge >= 0.3 is 0 Å². The molecule has 0 fully saturated rings. The summed E-state index contributed by atoms with van der Waals surface area (Å²) < 4.78 is 0. The van der Waals surface area contributed by atoms with E-state index in [1.165, 1.54) is 5.57 Å². The highest BCUT2D eigenvalue weighted by molar-refractivity contribution is 6.17. The van der Waals surface area contributed by atoms with E-state index in [4.69, 9.17) is 11.6 Å². The first kappa shape index (κ1) is 9.47. The number of aromatic nitrogens is 1. The lowest BCUT2D eigenvalue weighted by Crippen LogP contribution is -1.92. The monoisotopic (exact) mass is 205 g/mol. The van der Waals surface area contributed by atoms with Crippen LogP contribution in [0.25, 0.3) is 5.57 Å². The summed E-state index contributed by atoms with van der Waals surface area (Å²) in [5.41, 5.74) is 3.46. The third kappa shape index (κ3) is 2.05. The second-order valence-electron chi connectivity index (χ2n) is 3.34. The standard InChI is InChI=1S/C12H12ClN/c13-8-10-6-7-12(14-9-10)11-4-2-1-3-5-11/h1-2,4,6-7,9H,3,5,8H2. The Bertz CT molecular complexity index is 362. The molecule has 0 spiro atoms. The number of halogens is 1. The Kier molecular flexibility index (Phi) is 3.00. The van der Waals surface area contributed by atoms with E-state index in [-0.39, 0.29) is 0 Å². The highest BCUT2D eigenvalue weighted by atomic mass is 35.5. The average molecular weight is 206 g/mol. The molecule has 2 heteroatoms. The minimum absolute atomic E-state index is 0.534. The van der Waals surface area contributed by atoms with Gasteiger partial charge in [-0.05, 0) is 30.0 Å². The second-order valence-corrected chi connectivity index (χ2v) is 3.61. The van der Waals surface area contributed by atoms with E-state index in [0.29, 0.717) is 5.88 Å². The molecule has 1 aliphatic carbocycles. The summed E-state index contributed by atoms with van der Waals surface area (Å²) in [6.45, 7) is 0. The summed E-state index contributed by atoms with van der Waals surface area (Å²) in [5, 5.41) is 0. The first-order valence-corrected chi connectivity index (χ1v) is 5.30. The minimum atomic E-state index is 0.534. The summed E-state index contributed by atoms with van der Waals surface area (Å²) in [5.74, 6) is 0.534. The second kappa shape index (κ2) is 4.43. The molecule has 0 bridgehead atoms. The van der Waals surface area contributed by atoms with E-state index in [0.717, 1.165) is 24.1 Å². The van der Waals surface area contributed by atoms with E-state index in [2.05, 4.69) is 23.2 Å². The van der Waals surface area contributed by atoms with Crippen molar-refractivity contribution in [1.29, 1.82) is 0 Å². The number of hydrogen-bond donors (Lipinski definition) is 0. The molecule has 1 heterocycles. The molecule has 1 aromatic heterocycles. The Hall–Kier alpha value is -1.08. The van der Waals surface area contributed by atoms with Gasteiger partial charge in [0.1, 0.15) is 0 Å². The van der Waals surface area contributed by atoms with Gasteiger partial charge < -0.3 is 0 Å². The first-order valence-electron chi connectivity index (χ1n) is 4.77. The summed E-state index contributed by atoms with van der Waals surface area (Å²) in [6, 6.07) is 4.08. The molecule has 0 saturated heterocycles. The van der Waals surface area contributed by atoms with Gasteiger partial charge in [-0.25, -0.2) is 0 Å². The molecule has 0 saturated carbocycles. The predicted octanol–water partition coefficient (Wildman–Crippen LogP) is 3.55. The Labute approximate surface area is 89.1 Å². The molecule has 14 heavy (non-hydrogen) atoms. The molecule has 1 aromatic rings. The molecule has 1 nitrogen and oxygen atoms in total. The van der Waals surface area contributed by atoms with Crippen molar-refractivity contribution in [3.8, 4) is 0 Å². The molecule has 72 valence electrons. The Morgan fingerprint density at radius 3 is 2.86 bits per heavy atom. The Morgan fingerprint density at radius 2 is 2.29 bits per heavy atom. The average Bonchev–Trinajstić information content (AvgIpc) is 2.30. The third-order valence-electron chi connectivity index (χ3n) is 2.32. The maximum absolute atomic E-state index is 5.70. The van der Waals surface area contributed by atoms with E-state index in [1.54, 1.807) is 0 Å². The van der Waals surface area contributed by atoms with Crippen molar-refractivity contribution in [1.82, 2.24) is 4.98 Å². The van der Waals surface area contributed by atoms with Gasteiger partial charge in [0.2, 0.25) is 0 Å². The van der Waals surface area contributed by atoms with Crippen LogP contribution < -0.4 is 0 Å². The largest absolute Gasteiger partial charge is 0.256 e. The van der Waals surface area contributed by atoms with Crippen molar-refractivity contribution in [3.63, 3.8) is 0 Å². The van der Waals surface area contributed by atoms with Crippen molar-refractivity contribution >= 4 is 17.2 Å². The summed E-state index contributed by atoms with van der Waals surface area (Å²) in [7, 11) is 0.